The van der Waals surface area contributed by atoms with Crippen molar-refractivity contribution < 1.29 is 9.90 Å². The van der Waals surface area contributed by atoms with Crippen LogP contribution < -0.4 is 11.1 Å². The molecule has 2 rings (SSSR count). The number of aliphatic hydroxyl groups is 1. The van der Waals surface area contributed by atoms with E-state index in [9.17, 15) is 9.90 Å². The van der Waals surface area contributed by atoms with Crippen molar-refractivity contribution in [1.82, 2.24) is 5.32 Å². The average molecular weight is 277 g/mol. The molecule has 2 aromatic rings. The Bertz CT molecular complexity index is 567. The average Bonchev–Trinajstić information content (AvgIpc) is 2.40. The highest BCUT2D eigenvalue weighted by molar-refractivity contribution is 6.30. The molecule has 0 spiro atoms. The first-order valence-electron chi connectivity index (χ1n) is 5.66. The molecule has 0 aliphatic heterocycles. The minimum atomic E-state index is -1.08. The fourth-order valence-electron chi connectivity index (χ4n) is 1.57. The van der Waals surface area contributed by atoms with Crippen LogP contribution in [-0.2, 0) is 0 Å². The van der Waals surface area contributed by atoms with Crippen molar-refractivity contribution in [2.45, 2.75) is 6.23 Å². The Balaban J connectivity index is 2.06. The Morgan fingerprint density at radius 3 is 2.26 bits per heavy atom. The largest absolute Gasteiger partial charge is 0.399 e. The molecule has 19 heavy (non-hydrogen) atoms. The number of halogens is 1. The van der Waals surface area contributed by atoms with E-state index in [0.29, 0.717) is 21.8 Å². The maximum Gasteiger partial charge on any atom is 0.253 e. The second-order valence-electron chi connectivity index (χ2n) is 4.05. The zero-order chi connectivity index (χ0) is 13.8. The second-order valence-corrected chi connectivity index (χ2v) is 4.49. The summed E-state index contributed by atoms with van der Waals surface area (Å²) in [5.41, 5.74) is 7.11. The summed E-state index contributed by atoms with van der Waals surface area (Å²) in [6.45, 7) is 0. The number of nitrogen functional groups attached to an aromatic ring is 1. The minimum absolute atomic E-state index is 0.373. The van der Waals surface area contributed by atoms with Gasteiger partial charge in [-0.2, -0.15) is 0 Å². The summed E-state index contributed by atoms with van der Waals surface area (Å²) in [4.78, 5) is 11.9. The summed E-state index contributed by atoms with van der Waals surface area (Å²) in [6, 6.07) is 13.0. The monoisotopic (exact) mass is 276 g/mol. The normalized spacial score (nSPS) is 11.9. The Labute approximate surface area is 115 Å². The Morgan fingerprint density at radius 1 is 1.11 bits per heavy atom. The van der Waals surface area contributed by atoms with E-state index >= 15 is 0 Å². The number of anilines is 1. The van der Waals surface area contributed by atoms with E-state index in [4.69, 9.17) is 17.3 Å². The van der Waals surface area contributed by atoms with Gasteiger partial charge in [0.1, 0.15) is 0 Å². The second kappa shape index (κ2) is 5.73. The third-order valence-corrected chi connectivity index (χ3v) is 2.88. The summed E-state index contributed by atoms with van der Waals surface area (Å²) in [5.74, 6) is -0.373. The van der Waals surface area contributed by atoms with Crippen molar-refractivity contribution in [3.8, 4) is 0 Å². The lowest BCUT2D eigenvalue weighted by atomic mass is 10.1. The molecule has 0 fully saturated rings. The van der Waals surface area contributed by atoms with Gasteiger partial charge in [-0.25, -0.2) is 0 Å². The van der Waals surface area contributed by atoms with Crippen molar-refractivity contribution in [3.05, 3.63) is 64.7 Å². The summed E-state index contributed by atoms with van der Waals surface area (Å²) in [5, 5.41) is 13.0. The first kappa shape index (κ1) is 13.4. The number of nitrogens with two attached hydrogens (primary N) is 1. The first-order valence-corrected chi connectivity index (χ1v) is 6.04. The fourth-order valence-corrected chi connectivity index (χ4v) is 1.70. The molecule has 2 aromatic carbocycles. The number of benzene rings is 2. The number of amides is 1. The Hall–Kier alpha value is -2.04. The number of hydrogen-bond donors (Lipinski definition) is 3. The highest BCUT2D eigenvalue weighted by atomic mass is 35.5. The fraction of sp³-hybridized carbons (Fsp3) is 0.0714. The van der Waals surface area contributed by atoms with E-state index in [1.807, 2.05) is 0 Å². The van der Waals surface area contributed by atoms with E-state index in [0.717, 1.165) is 0 Å². The molecule has 0 bridgehead atoms. The molecule has 0 unspecified atom stereocenters. The highest BCUT2D eigenvalue weighted by Crippen LogP contribution is 2.15. The zero-order valence-corrected chi connectivity index (χ0v) is 10.8. The highest BCUT2D eigenvalue weighted by Gasteiger charge is 2.12. The standard InChI is InChI=1S/C14H13ClN2O2/c15-11-5-1-9(2-6-11)13(18)17-14(19)10-3-7-12(16)8-4-10/h1-8,13,18H,16H2,(H,17,19)/t13-/m1/s1. The third-order valence-electron chi connectivity index (χ3n) is 2.63. The van der Waals surface area contributed by atoms with Gasteiger partial charge in [0, 0.05) is 21.8 Å². The van der Waals surface area contributed by atoms with Crippen molar-refractivity contribution in [3.63, 3.8) is 0 Å². The van der Waals surface area contributed by atoms with Crippen LogP contribution in [0.4, 0.5) is 5.69 Å². The lowest BCUT2D eigenvalue weighted by Crippen LogP contribution is -2.28. The molecule has 5 heteroatoms. The van der Waals surface area contributed by atoms with Crippen LogP contribution in [0.25, 0.3) is 0 Å². The topological polar surface area (TPSA) is 75.4 Å². The summed E-state index contributed by atoms with van der Waals surface area (Å²) in [7, 11) is 0. The van der Waals surface area contributed by atoms with E-state index in [1.165, 1.54) is 0 Å². The molecule has 0 aliphatic rings. The predicted octanol–water partition coefficient (Wildman–Crippen LogP) is 2.34. The number of hydrogen-bond acceptors (Lipinski definition) is 3. The van der Waals surface area contributed by atoms with Crippen molar-refractivity contribution in [2.75, 3.05) is 5.73 Å². The summed E-state index contributed by atoms with van der Waals surface area (Å²) >= 11 is 5.75. The van der Waals surface area contributed by atoms with Gasteiger partial charge in [-0.05, 0) is 36.4 Å². The van der Waals surface area contributed by atoms with Gasteiger partial charge in [0.25, 0.3) is 5.91 Å². The first-order chi connectivity index (χ1) is 9.06. The van der Waals surface area contributed by atoms with Gasteiger partial charge in [0.05, 0.1) is 0 Å². The van der Waals surface area contributed by atoms with Gasteiger partial charge in [0.2, 0.25) is 0 Å². The van der Waals surface area contributed by atoms with Crippen LogP contribution in [0.15, 0.2) is 48.5 Å². The van der Waals surface area contributed by atoms with Gasteiger partial charge in [-0.1, -0.05) is 23.7 Å². The van der Waals surface area contributed by atoms with Crippen LogP contribution in [-0.4, -0.2) is 11.0 Å². The maximum atomic E-state index is 11.9. The smallest absolute Gasteiger partial charge is 0.253 e. The molecule has 0 aliphatic carbocycles. The lowest BCUT2D eigenvalue weighted by molar-refractivity contribution is 0.0783. The van der Waals surface area contributed by atoms with Gasteiger partial charge in [-0.15, -0.1) is 0 Å². The molecule has 0 saturated carbocycles. The van der Waals surface area contributed by atoms with Gasteiger partial charge in [0.15, 0.2) is 6.23 Å². The molecule has 4 N–H and O–H groups in total. The van der Waals surface area contributed by atoms with Crippen LogP contribution >= 0.6 is 11.6 Å². The Morgan fingerprint density at radius 2 is 1.68 bits per heavy atom. The van der Waals surface area contributed by atoms with Crippen LogP contribution in [0.3, 0.4) is 0 Å². The Kier molecular flexibility index (Phi) is 4.04. The van der Waals surface area contributed by atoms with Crippen LogP contribution in [0.1, 0.15) is 22.1 Å². The quantitative estimate of drug-likeness (QED) is 0.595. The van der Waals surface area contributed by atoms with Gasteiger partial charge < -0.3 is 16.2 Å². The van der Waals surface area contributed by atoms with Crippen molar-refractivity contribution in [2.24, 2.45) is 0 Å². The molecular weight excluding hydrogens is 264 g/mol. The van der Waals surface area contributed by atoms with Crippen molar-refractivity contribution in [1.29, 1.82) is 0 Å². The minimum Gasteiger partial charge on any atom is -0.399 e. The maximum absolute atomic E-state index is 11.9. The lowest BCUT2D eigenvalue weighted by Gasteiger charge is -2.13. The zero-order valence-electron chi connectivity index (χ0n) is 10.0. The number of carbonyl (C=O) groups is 1. The molecule has 0 saturated heterocycles. The van der Waals surface area contributed by atoms with Gasteiger partial charge >= 0.3 is 0 Å². The summed E-state index contributed by atoms with van der Waals surface area (Å²) in [6.07, 6.45) is -1.08. The molecular formula is C14H13ClN2O2. The summed E-state index contributed by atoms with van der Waals surface area (Å²) < 4.78 is 0. The van der Waals surface area contributed by atoms with Crippen LogP contribution in [0.2, 0.25) is 5.02 Å². The number of rotatable bonds is 3. The van der Waals surface area contributed by atoms with Gasteiger partial charge in [-0.3, -0.25) is 4.79 Å². The van der Waals surface area contributed by atoms with Crippen molar-refractivity contribution >= 4 is 23.2 Å². The van der Waals surface area contributed by atoms with Crippen LogP contribution in [0, 0.1) is 0 Å². The third kappa shape index (κ3) is 3.47. The molecule has 1 amide bonds. The number of nitrogens with one attached hydrogen (secondary N) is 1. The molecule has 1 atom stereocenters. The predicted molar refractivity (Wildman–Crippen MR) is 74.7 cm³/mol. The SMILES string of the molecule is Nc1ccc(C(=O)N[C@H](O)c2ccc(Cl)cc2)cc1. The molecule has 0 aromatic heterocycles. The van der Waals surface area contributed by atoms with E-state index in [1.54, 1.807) is 48.5 Å². The van der Waals surface area contributed by atoms with E-state index < -0.39 is 6.23 Å². The van der Waals surface area contributed by atoms with E-state index in [2.05, 4.69) is 5.32 Å². The van der Waals surface area contributed by atoms with E-state index in [-0.39, 0.29) is 5.91 Å². The number of aliphatic hydroxyl groups excluding tert-OH is 1. The van der Waals surface area contributed by atoms with Crippen LogP contribution in [0.5, 0.6) is 0 Å². The molecule has 98 valence electrons. The molecule has 4 nitrogen and oxygen atoms in total. The molecule has 0 heterocycles. The molecule has 0 radical (unpaired) electrons. The number of carbonyl (C=O) groups excluding carboxylic acids is 1.